The van der Waals surface area contributed by atoms with Gasteiger partial charge in [0.25, 0.3) is 0 Å². The van der Waals surface area contributed by atoms with Crippen molar-refractivity contribution < 1.29 is 23.7 Å². The van der Waals surface area contributed by atoms with E-state index in [1.54, 1.807) is 7.11 Å². The largest absolute Gasteiger partial charge is 0.374 e. The average molecular weight is 474 g/mol. The van der Waals surface area contributed by atoms with Gasteiger partial charge in [0.2, 0.25) is 0 Å². The van der Waals surface area contributed by atoms with Crippen LogP contribution in [-0.4, -0.2) is 38.3 Å². The first kappa shape index (κ1) is 25.1. The van der Waals surface area contributed by atoms with Crippen LogP contribution in [0.3, 0.4) is 0 Å². The minimum atomic E-state index is -0.700. The fourth-order valence-corrected chi connectivity index (χ4v) is 4.17. The van der Waals surface area contributed by atoms with Gasteiger partial charge >= 0.3 is 0 Å². The van der Waals surface area contributed by atoms with Gasteiger partial charge in [0.15, 0.2) is 6.29 Å². The summed E-state index contributed by atoms with van der Waals surface area (Å²) in [7, 11) is 1.58. The van der Waals surface area contributed by atoms with Gasteiger partial charge in [0.05, 0.1) is 32.5 Å². The number of rotatable bonds is 11. The fourth-order valence-electron chi connectivity index (χ4n) is 4.17. The highest BCUT2D eigenvalue weighted by Gasteiger charge is 2.48. The molecule has 0 radical (unpaired) electrons. The topological polar surface area (TPSA) is 69.9 Å². The van der Waals surface area contributed by atoms with E-state index in [-0.39, 0.29) is 6.61 Å². The predicted molar refractivity (Wildman–Crippen MR) is 131 cm³/mol. The van der Waals surface area contributed by atoms with Crippen LogP contribution in [0.4, 0.5) is 0 Å². The van der Waals surface area contributed by atoms with Crippen LogP contribution in [0.5, 0.6) is 0 Å². The molecular formula is C29H31NO5. The second kappa shape index (κ2) is 13.1. The summed E-state index contributed by atoms with van der Waals surface area (Å²) < 4.78 is 30.4. The second-order valence-corrected chi connectivity index (χ2v) is 8.46. The van der Waals surface area contributed by atoms with E-state index in [1.807, 2.05) is 91.0 Å². The number of hydrogen-bond donors (Lipinski definition) is 0. The van der Waals surface area contributed by atoms with Gasteiger partial charge in [-0.25, -0.2) is 0 Å². The molecule has 6 heteroatoms. The quantitative estimate of drug-likeness (QED) is 0.395. The van der Waals surface area contributed by atoms with Crippen molar-refractivity contribution in [1.82, 2.24) is 0 Å². The number of nitriles is 1. The van der Waals surface area contributed by atoms with Crippen LogP contribution < -0.4 is 0 Å². The molecule has 1 aliphatic heterocycles. The lowest BCUT2D eigenvalue weighted by molar-refractivity contribution is -0.298. The minimum absolute atomic E-state index is 0.240. The number of hydrogen-bond acceptors (Lipinski definition) is 6. The lowest BCUT2D eigenvalue weighted by Gasteiger charge is -2.43. The summed E-state index contributed by atoms with van der Waals surface area (Å²) in [6.07, 6.45) is -2.37. The van der Waals surface area contributed by atoms with Gasteiger partial charge in [-0.05, 0) is 16.7 Å². The van der Waals surface area contributed by atoms with Gasteiger partial charge in [0, 0.05) is 7.11 Å². The van der Waals surface area contributed by atoms with Crippen molar-refractivity contribution in [3.63, 3.8) is 0 Å². The molecule has 5 atom stereocenters. The normalized spacial score (nSPS) is 24.1. The maximum Gasteiger partial charge on any atom is 0.186 e. The van der Waals surface area contributed by atoms with E-state index in [9.17, 15) is 5.26 Å². The Morgan fingerprint density at radius 2 is 1.20 bits per heavy atom. The molecule has 0 amide bonds. The maximum atomic E-state index is 10.1. The van der Waals surface area contributed by atoms with Crippen molar-refractivity contribution in [3.8, 4) is 6.07 Å². The third-order valence-corrected chi connectivity index (χ3v) is 6.00. The van der Waals surface area contributed by atoms with Crippen LogP contribution in [0, 0.1) is 17.2 Å². The summed E-state index contributed by atoms with van der Waals surface area (Å²) in [5.41, 5.74) is 3.09. The highest BCUT2D eigenvalue weighted by atomic mass is 16.7. The lowest BCUT2D eigenvalue weighted by atomic mass is 9.90. The molecule has 0 bridgehead atoms. The second-order valence-electron chi connectivity index (χ2n) is 8.46. The van der Waals surface area contributed by atoms with Crippen LogP contribution in [0.2, 0.25) is 0 Å². The van der Waals surface area contributed by atoms with Gasteiger partial charge in [-0.1, -0.05) is 91.0 Å². The van der Waals surface area contributed by atoms with Crippen LogP contribution in [0.25, 0.3) is 0 Å². The molecule has 0 aromatic heterocycles. The number of benzene rings is 3. The summed E-state index contributed by atoms with van der Waals surface area (Å²) >= 11 is 0. The van der Waals surface area contributed by atoms with Crippen LogP contribution >= 0.6 is 0 Å². The van der Waals surface area contributed by atoms with Gasteiger partial charge in [-0.2, -0.15) is 5.26 Å². The molecule has 3 aromatic carbocycles. The van der Waals surface area contributed by atoms with E-state index in [0.717, 1.165) is 16.7 Å². The van der Waals surface area contributed by atoms with Gasteiger partial charge in [-0.3, -0.25) is 0 Å². The Bertz CT molecular complexity index is 1040. The van der Waals surface area contributed by atoms with Gasteiger partial charge < -0.3 is 23.7 Å². The summed E-state index contributed by atoms with van der Waals surface area (Å²) in [5.74, 6) is -0.596. The summed E-state index contributed by atoms with van der Waals surface area (Å²) in [4.78, 5) is 0. The molecule has 4 rings (SSSR count). The van der Waals surface area contributed by atoms with E-state index in [4.69, 9.17) is 23.7 Å². The molecule has 182 valence electrons. The van der Waals surface area contributed by atoms with Crippen LogP contribution in [0.1, 0.15) is 16.7 Å². The molecule has 0 unspecified atom stereocenters. The SMILES string of the molecule is CO[C@H]1O[C@H](COCc2ccccc2)[C@@H](C#N)[C@H](OCc2ccccc2)[C@H]1OCc1ccccc1. The molecule has 1 aliphatic rings. The Morgan fingerprint density at radius 1 is 0.714 bits per heavy atom. The Morgan fingerprint density at radius 3 is 1.69 bits per heavy atom. The van der Waals surface area contributed by atoms with Crippen molar-refractivity contribution in [2.24, 2.45) is 5.92 Å². The summed E-state index contributed by atoms with van der Waals surface area (Å²) in [6, 6.07) is 32.1. The molecule has 0 aliphatic carbocycles. The van der Waals surface area contributed by atoms with Crippen molar-refractivity contribution in [2.75, 3.05) is 13.7 Å². The summed E-state index contributed by atoms with van der Waals surface area (Å²) in [6.45, 7) is 1.37. The fraction of sp³-hybridized carbons (Fsp3) is 0.345. The Labute approximate surface area is 207 Å². The number of nitrogens with zero attached hydrogens (tertiary/aromatic N) is 1. The van der Waals surface area contributed by atoms with Crippen molar-refractivity contribution in [2.45, 2.75) is 44.4 Å². The first-order valence-electron chi connectivity index (χ1n) is 11.8. The Kier molecular flexibility index (Phi) is 9.41. The standard InChI is InChI=1S/C29H31NO5/c1-31-29-28(34-20-24-15-9-4-10-16-24)27(33-19-23-13-7-3-8-14-23)25(17-30)26(35-29)21-32-18-22-11-5-2-6-12-22/h2-16,25-29H,18-21H2,1H3/t25-,26-,27+,28-,29+/m1/s1. The zero-order valence-electron chi connectivity index (χ0n) is 19.9. The van der Waals surface area contributed by atoms with Gasteiger partial charge in [-0.15, -0.1) is 0 Å². The molecule has 1 fully saturated rings. The molecule has 3 aromatic rings. The third-order valence-electron chi connectivity index (χ3n) is 6.00. The highest BCUT2D eigenvalue weighted by Crippen LogP contribution is 2.32. The lowest BCUT2D eigenvalue weighted by Crippen LogP contribution is -2.57. The zero-order chi connectivity index (χ0) is 24.3. The van der Waals surface area contributed by atoms with Crippen LogP contribution in [0.15, 0.2) is 91.0 Å². The molecular weight excluding hydrogens is 442 g/mol. The number of methoxy groups -OCH3 is 1. The minimum Gasteiger partial charge on any atom is -0.374 e. The monoisotopic (exact) mass is 473 g/mol. The molecule has 0 N–H and O–H groups in total. The average Bonchev–Trinajstić information content (AvgIpc) is 2.92. The maximum absolute atomic E-state index is 10.1. The predicted octanol–water partition coefficient (Wildman–Crippen LogP) is 4.89. The molecule has 1 heterocycles. The molecule has 0 saturated carbocycles. The third kappa shape index (κ3) is 6.98. The first-order chi connectivity index (χ1) is 17.3. The van der Waals surface area contributed by atoms with Gasteiger partial charge in [0.1, 0.15) is 24.2 Å². The highest BCUT2D eigenvalue weighted by molar-refractivity contribution is 5.15. The van der Waals surface area contributed by atoms with Crippen molar-refractivity contribution in [3.05, 3.63) is 108 Å². The Balaban J connectivity index is 1.49. The van der Waals surface area contributed by atoms with E-state index in [2.05, 4.69) is 6.07 Å². The van der Waals surface area contributed by atoms with E-state index in [0.29, 0.717) is 19.8 Å². The first-order valence-corrected chi connectivity index (χ1v) is 11.8. The van der Waals surface area contributed by atoms with E-state index in [1.165, 1.54) is 0 Å². The zero-order valence-corrected chi connectivity index (χ0v) is 19.9. The Hall–Kier alpha value is -3.05. The number of ether oxygens (including phenoxy) is 5. The van der Waals surface area contributed by atoms with E-state index >= 15 is 0 Å². The smallest absolute Gasteiger partial charge is 0.186 e. The molecule has 0 spiro atoms. The van der Waals surface area contributed by atoms with Crippen molar-refractivity contribution >= 4 is 0 Å². The van der Waals surface area contributed by atoms with Crippen LogP contribution in [-0.2, 0) is 43.5 Å². The molecule has 35 heavy (non-hydrogen) atoms. The van der Waals surface area contributed by atoms with E-state index < -0.39 is 30.5 Å². The molecule has 6 nitrogen and oxygen atoms in total. The summed E-state index contributed by atoms with van der Waals surface area (Å²) in [5, 5.41) is 10.1. The molecule has 1 saturated heterocycles. The van der Waals surface area contributed by atoms with Crippen molar-refractivity contribution in [1.29, 1.82) is 5.26 Å².